The Morgan fingerprint density at radius 1 is 1.27 bits per heavy atom. The number of benzene rings is 1. The van der Waals surface area contributed by atoms with Gasteiger partial charge in [0.25, 0.3) is 0 Å². The molecule has 1 atom stereocenters. The molecule has 2 N–H and O–H groups in total. The van der Waals surface area contributed by atoms with Gasteiger partial charge in [-0.2, -0.15) is 0 Å². The minimum absolute atomic E-state index is 0. The number of phenols is 1. The maximum atomic E-state index is 10.3. The van der Waals surface area contributed by atoms with Crippen LogP contribution in [0.4, 0.5) is 0 Å². The Bertz CT molecular complexity index is 479. The first-order valence-corrected chi connectivity index (χ1v) is 7.62. The topological polar surface area (TPSA) is 35.5 Å². The van der Waals surface area contributed by atoms with Crippen LogP contribution in [0.5, 0.6) is 5.75 Å². The molecule has 0 aliphatic carbocycles. The van der Waals surface area contributed by atoms with Gasteiger partial charge in [0.05, 0.1) is 5.02 Å². The van der Waals surface area contributed by atoms with Crippen LogP contribution >= 0.6 is 48.0 Å². The number of hydrogen-bond donors (Lipinski definition) is 2. The molecule has 126 valence electrons. The van der Waals surface area contributed by atoms with Gasteiger partial charge in [-0.1, -0.05) is 29.3 Å². The Labute approximate surface area is 154 Å². The predicted octanol–water partition coefficient (Wildman–Crippen LogP) is 4.46. The molecule has 0 aromatic heterocycles. The number of hydrogen-bond acceptors (Lipinski definition) is 3. The van der Waals surface area contributed by atoms with Gasteiger partial charge >= 0.3 is 0 Å². The summed E-state index contributed by atoms with van der Waals surface area (Å²) >= 11 is 12.1. The minimum atomic E-state index is 0. The van der Waals surface area contributed by atoms with Gasteiger partial charge in [-0.05, 0) is 25.0 Å². The van der Waals surface area contributed by atoms with Crippen LogP contribution in [-0.4, -0.2) is 36.2 Å². The summed E-state index contributed by atoms with van der Waals surface area (Å²) in [5.74, 6) is 0.142. The van der Waals surface area contributed by atoms with E-state index >= 15 is 0 Å². The third-order valence-electron chi connectivity index (χ3n) is 3.65. The summed E-state index contributed by atoms with van der Waals surface area (Å²) in [5.41, 5.74) is 0.811. The average Bonchev–Trinajstić information content (AvgIpc) is 2.45. The van der Waals surface area contributed by atoms with E-state index in [-0.39, 0.29) is 36.6 Å². The van der Waals surface area contributed by atoms with Crippen molar-refractivity contribution in [3.8, 4) is 5.75 Å². The number of rotatable bonds is 5. The number of aromatic hydroxyl groups is 1. The molecule has 0 unspecified atom stereocenters. The zero-order chi connectivity index (χ0) is 14.5. The maximum absolute atomic E-state index is 10.3. The lowest BCUT2D eigenvalue weighted by atomic mass is 9.98. The quantitative estimate of drug-likeness (QED) is 0.732. The van der Waals surface area contributed by atoms with E-state index in [9.17, 15) is 5.11 Å². The first kappa shape index (κ1) is 21.8. The van der Waals surface area contributed by atoms with E-state index in [0.717, 1.165) is 44.6 Å². The largest absolute Gasteiger partial charge is 0.506 e. The highest BCUT2D eigenvalue weighted by molar-refractivity contribution is 6.35. The normalized spacial score (nSPS) is 16.3. The van der Waals surface area contributed by atoms with Crippen LogP contribution in [0.15, 0.2) is 24.8 Å². The highest BCUT2D eigenvalue weighted by Gasteiger charge is 2.25. The first-order chi connectivity index (χ1) is 9.63. The molecule has 0 saturated carbocycles. The van der Waals surface area contributed by atoms with Crippen LogP contribution in [0.2, 0.25) is 10.0 Å². The number of nitrogens with one attached hydrogen (secondary N) is 1. The lowest BCUT2D eigenvalue weighted by Gasteiger charge is -2.35. The second-order valence-corrected chi connectivity index (χ2v) is 5.84. The van der Waals surface area contributed by atoms with Crippen LogP contribution in [0.3, 0.4) is 0 Å². The third kappa shape index (κ3) is 5.48. The lowest BCUT2D eigenvalue weighted by molar-refractivity contribution is 0.163. The van der Waals surface area contributed by atoms with Crippen molar-refractivity contribution in [2.24, 2.45) is 0 Å². The van der Waals surface area contributed by atoms with E-state index in [1.807, 2.05) is 12.1 Å². The Balaban J connectivity index is 0.00000220. The molecular weight excluding hydrogens is 366 g/mol. The molecule has 7 heteroatoms. The van der Waals surface area contributed by atoms with Crippen molar-refractivity contribution in [1.29, 1.82) is 0 Å². The molecule has 0 amide bonds. The van der Waals surface area contributed by atoms with Crippen LogP contribution in [0, 0.1) is 0 Å². The summed E-state index contributed by atoms with van der Waals surface area (Å²) < 4.78 is 0. The summed E-state index contributed by atoms with van der Waals surface area (Å²) in [5, 5.41) is 14.5. The number of piperazine rings is 1. The SMILES string of the molecule is C=CCC[C@H](c1cc(Cl)cc(Cl)c1O)N1CCNCC1.Cl.Cl. The van der Waals surface area contributed by atoms with Crippen molar-refractivity contribution in [2.75, 3.05) is 26.2 Å². The van der Waals surface area contributed by atoms with Crippen LogP contribution in [-0.2, 0) is 0 Å². The second kappa shape index (κ2) is 10.6. The van der Waals surface area contributed by atoms with Crippen molar-refractivity contribution in [1.82, 2.24) is 10.2 Å². The van der Waals surface area contributed by atoms with Gasteiger partial charge in [0, 0.05) is 42.8 Å². The number of halogens is 4. The summed E-state index contributed by atoms with van der Waals surface area (Å²) in [6.45, 7) is 7.60. The fourth-order valence-electron chi connectivity index (χ4n) is 2.64. The molecule has 0 bridgehead atoms. The maximum Gasteiger partial charge on any atom is 0.139 e. The Morgan fingerprint density at radius 2 is 1.91 bits per heavy atom. The first-order valence-electron chi connectivity index (χ1n) is 6.87. The standard InChI is InChI=1S/C15H20Cl2N2O.2ClH/c1-2-3-4-14(19-7-5-18-6-8-19)12-9-11(16)10-13(17)15(12)20;;/h2,9-10,14,18,20H,1,3-8H2;2*1H/t14-;;/m1../s1. The van der Waals surface area contributed by atoms with Gasteiger partial charge in [-0.25, -0.2) is 0 Å². The van der Waals surface area contributed by atoms with Crippen molar-refractivity contribution >= 4 is 48.0 Å². The highest BCUT2D eigenvalue weighted by Crippen LogP contribution is 2.39. The van der Waals surface area contributed by atoms with Gasteiger partial charge in [-0.15, -0.1) is 31.4 Å². The molecular formula is C15H22Cl4N2O. The van der Waals surface area contributed by atoms with Crippen LogP contribution < -0.4 is 5.32 Å². The number of allylic oxidation sites excluding steroid dienone is 1. The van der Waals surface area contributed by atoms with E-state index in [4.69, 9.17) is 23.2 Å². The molecule has 1 fully saturated rings. The smallest absolute Gasteiger partial charge is 0.139 e. The molecule has 1 heterocycles. The molecule has 3 nitrogen and oxygen atoms in total. The molecule has 1 aliphatic rings. The summed E-state index contributed by atoms with van der Waals surface area (Å²) in [7, 11) is 0. The second-order valence-electron chi connectivity index (χ2n) is 4.99. The molecule has 1 aromatic rings. The minimum Gasteiger partial charge on any atom is -0.506 e. The molecule has 22 heavy (non-hydrogen) atoms. The molecule has 1 aliphatic heterocycles. The summed E-state index contributed by atoms with van der Waals surface area (Å²) in [4.78, 5) is 2.36. The van der Waals surface area contributed by atoms with Gasteiger partial charge in [0.2, 0.25) is 0 Å². The van der Waals surface area contributed by atoms with Gasteiger partial charge in [0.15, 0.2) is 0 Å². The van der Waals surface area contributed by atoms with Crippen molar-refractivity contribution in [3.05, 3.63) is 40.4 Å². The Morgan fingerprint density at radius 3 is 2.50 bits per heavy atom. The van der Waals surface area contributed by atoms with E-state index in [0.29, 0.717) is 10.0 Å². The van der Waals surface area contributed by atoms with Crippen molar-refractivity contribution in [3.63, 3.8) is 0 Å². The van der Waals surface area contributed by atoms with Gasteiger partial charge in [0.1, 0.15) is 5.75 Å². The van der Waals surface area contributed by atoms with E-state index in [2.05, 4.69) is 16.8 Å². The molecule has 0 radical (unpaired) electrons. The number of nitrogens with zero attached hydrogens (tertiary/aromatic N) is 1. The Kier molecular flexibility index (Phi) is 10.5. The Hall–Kier alpha value is -0.160. The molecule has 1 saturated heterocycles. The van der Waals surface area contributed by atoms with Gasteiger partial charge < -0.3 is 10.4 Å². The zero-order valence-electron chi connectivity index (χ0n) is 12.2. The average molecular weight is 388 g/mol. The fourth-order valence-corrected chi connectivity index (χ4v) is 3.15. The van der Waals surface area contributed by atoms with E-state index < -0.39 is 0 Å². The van der Waals surface area contributed by atoms with Crippen LogP contribution in [0.1, 0.15) is 24.4 Å². The predicted molar refractivity (Wildman–Crippen MR) is 99.2 cm³/mol. The molecule has 0 spiro atoms. The van der Waals surface area contributed by atoms with E-state index in [1.165, 1.54) is 0 Å². The summed E-state index contributed by atoms with van der Waals surface area (Å²) in [6.07, 6.45) is 3.68. The monoisotopic (exact) mass is 386 g/mol. The van der Waals surface area contributed by atoms with Gasteiger partial charge in [-0.3, -0.25) is 4.90 Å². The van der Waals surface area contributed by atoms with E-state index in [1.54, 1.807) is 6.07 Å². The molecule has 2 rings (SSSR count). The fraction of sp³-hybridized carbons (Fsp3) is 0.467. The number of phenolic OH excluding ortho intramolecular Hbond substituents is 1. The zero-order valence-corrected chi connectivity index (χ0v) is 15.4. The molecule has 1 aromatic carbocycles. The van der Waals surface area contributed by atoms with Crippen molar-refractivity contribution in [2.45, 2.75) is 18.9 Å². The van der Waals surface area contributed by atoms with Crippen molar-refractivity contribution < 1.29 is 5.11 Å². The highest BCUT2D eigenvalue weighted by atomic mass is 35.5. The van der Waals surface area contributed by atoms with Crippen LogP contribution in [0.25, 0.3) is 0 Å². The third-order valence-corrected chi connectivity index (χ3v) is 4.16. The summed E-state index contributed by atoms with van der Waals surface area (Å²) in [6, 6.07) is 3.51. The lowest BCUT2D eigenvalue weighted by Crippen LogP contribution is -2.45.